The van der Waals surface area contributed by atoms with E-state index in [1.165, 1.54) is 18.2 Å². The largest absolute Gasteiger partial charge is 0.382 e. The van der Waals surface area contributed by atoms with Crippen molar-refractivity contribution in [1.82, 2.24) is 4.98 Å². The van der Waals surface area contributed by atoms with Gasteiger partial charge in [0.15, 0.2) is 5.13 Å². The molecule has 0 aliphatic rings. The molecular weight excluding hydrogens is 315 g/mol. The smallest absolute Gasteiger partial charge is 0.269 e. The highest BCUT2D eigenvalue weighted by atomic mass is 35.5. The molecule has 0 bridgehead atoms. The molecule has 0 spiro atoms. The standard InChI is InChI=1S/C13H14ClFN4OS/c1-6(2)17-13-19-11(16)10(21-13)12(20)18-9-5-7(14)3-4-8(9)15/h3-6H,16H2,1-2H3,(H,17,19)(H,18,20). The highest BCUT2D eigenvalue weighted by Crippen LogP contribution is 2.27. The van der Waals surface area contributed by atoms with Crippen LogP contribution in [0.4, 0.5) is 21.0 Å². The molecule has 8 heteroatoms. The quantitative estimate of drug-likeness (QED) is 0.801. The maximum atomic E-state index is 13.6. The maximum absolute atomic E-state index is 13.6. The first-order valence-corrected chi connectivity index (χ1v) is 7.35. The first kappa shape index (κ1) is 15.5. The number of aromatic nitrogens is 1. The first-order valence-electron chi connectivity index (χ1n) is 6.16. The van der Waals surface area contributed by atoms with Crippen molar-refractivity contribution in [3.8, 4) is 0 Å². The van der Waals surface area contributed by atoms with Gasteiger partial charge in [0.05, 0.1) is 5.69 Å². The number of nitrogen functional groups attached to an aromatic ring is 1. The second-order valence-electron chi connectivity index (χ2n) is 4.61. The van der Waals surface area contributed by atoms with Gasteiger partial charge in [-0.1, -0.05) is 22.9 Å². The van der Waals surface area contributed by atoms with Crippen molar-refractivity contribution < 1.29 is 9.18 Å². The molecule has 112 valence electrons. The summed E-state index contributed by atoms with van der Waals surface area (Å²) in [4.78, 5) is 16.4. The van der Waals surface area contributed by atoms with Crippen LogP contribution in [0.1, 0.15) is 23.5 Å². The Bertz CT molecular complexity index is 674. The summed E-state index contributed by atoms with van der Waals surface area (Å²) in [7, 11) is 0. The third-order valence-corrected chi connectivity index (χ3v) is 3.68. The van der Waals surface area contributed by atoms with E-state index in [1.807, 2.05) is 13.8 Å². The van der Waals surface area contributed by atoms with Crippen molar-refractivity contribution in [1.29, 1.82) is 0 Å². The average molecular weight is 329 g/mol. The summed E-state index contributed by atoms with van der Waals surface area (Å²) < 4.78 is 13.6. The number of hydrogen-bond acceptors (Lipinski definition) is 5. The van der Waals surface area contributed by atoms with E-state index < -0.39 is 11.7 Å². The SMILES string of the molecule is CC(C)Nc1nc(N)c(C(=O)Nc2cc(Cl)ccc2F)s1. The second kappa shape index (κ2) is 6.28. The molecular formula is C13H14ClFN4OS. The van der Waals surface area contributed by atoms with E-state index in [1.54, 1.807) is 0 Å². The zero-order valence-electron chi connectivity index (χ0n) is 11.4. The van der Waals surface area contributed by atoms with Crippen molar-refractivity contribution in [2.75, 3.05) is 16.4 Å². The van der Waals surface area contributed by atoms with Crippen LogP contribution in [0.3, 0.4) is 0 Å². The van der Waals surface area contributed by atoms with Crippen molar-refractivity contribution in [3.63, 3.8) is 0 Å². The summed E-state index contributed by atoms with van der Waals surface area (Å²) in [6, 6.07) is 4.08. The predicted octanol–water partition coefficient (Wildman–Crippen LogP) is 3.59. The zero-order chi connectivity index (χ0) is 15.6. The summed E-state index contributed by atoms with van der Waals surface area (Å²) in [5.41, 5.74) is 5.72. The van der Waals surface area contributed by atoms with E-state index in [2.05, 4.69) is 15.6 Å². The molecule has 1 aromatic heterocycles. The summed E-state index contributed by atoms with van der Waals surface area (Å²) in [5.74, 6) is -0.998. The number of anilines is 3. The lowest BCUT2D eigenvalue weighted by Crippen LogP contribution is -2.13. The Labute approximate surface area is 130 Å². The van der Waals surface area contributed by atoms with Crippen molar-refractivity contribution in [2.45, 2.75) is 19.9 Å². The number of carbonyl (C=O) groups excluding carboxylic acids is 1. The summed E-state index contributed by atoms with van der Waals surface area (Å²) in [5, 5.41) is 6.36. The fraction of sp³-hybridized carbons (Fsp3) is 0.231. The molecule has 21 heavy (non-hydrogen) atoms. The lowest BCUT2D eigenvalue weighted by Gasteiger charge is -2.06. The highest BCUT2D eigenvalue weighted by Gasteiger charge is 2.18. The van der Waals surface area contributed by atoms with Crippen LogP contribution in [-0.2, 0) is 0 Å². The average Bonchev–Trinajstić information content (AvgIpc) is 2.74. The Hall–Kier alpha value is -1.86. The topological polar surface area (TPSA) is 80.0 Å². The Kier molecular flexibility index (Phi) is 4.64. The Morgan fingerprint density at radius 2 is 2.19 bits per heavy atom. The number of nitrogens with one attached hydrogen (secondary N) is 2. The number of halogens is 2. The number of thiazole rings is 1. The molecule has 1 amide bonds. The molecule has 0 unspecified atom stereocenters. The lowest BCUT2D eigenvalue weighted by atomic mass is 10.3. The van der Waals surface area contributed by atoms with Crippen molar-refractivity contribution >= 4 is 45.5 Å². The third-order valence-electron chi connectivity index (χ3n) is 2.45. The number of hydrogen-bond donors (Lipinski definition) is 3. The maximum Gasteiger partial charge on any atom is 0.269 e. The summed E-state index contributed by atoms with van der Waals surface area (Å²) >= 11 is 6.89. The monoisotopic (exact) mass is 328 g/mol. The molecule has 5 nitrogen and oxygen atoms in total. The van der Waals surface area contributed by atoms with Gasteiger partial charge in [0.25, 0.3) is 5.91 Å². The number of nitrogens with zero attached hydrogens (tertiary/aromatic N) is 1. The number of benzene rings is 1. The van der Waals surface area contributed by atoms with Crippen LogP contribution in [0, 0.1) is 5.82 Å². The van der Waals surface area contributed by atoms with Crippen LogP contribution >= 0.6 is 22.9 Å². The number of amides is 1. The van der Waals surface area contributed by atoms with Crippen LogP contribution < -0.4 is 16.4 Å². The Morgan fingerprint density at radius 3 is 2.86 bits per heavy atom. The van der Waals surface area contributed by atoms with Crippen LogP contribution in [-0.4, -0.2) is 16.9 Å². The number of carbonyl (C=O) groups is 1. The number of nitrogens with two attached hydrogens (primary N) is 1. The van der Waals surface area contributed by atoms with Gasteiger partial charge in [-0.25, -0.2) is 9.37 Å². The molecule has 0 fully saturated rings. The fourth-order valence-electron chi connectivity index (χ4n) is 1.58. The predicted molar refractivity (Wildman–Crippen MR) is 84.6 cm³/mol. The number of rotatable bonds is 4. The molecule has 4 N–H and O–H groups in total. The highest BCUT2D eigenvalue weighted by molar-refractivity contribution is 7.18. The summed E-state index contributed by atoms with van der Waals surface area (Å²) in [6.45, 7) is 3.89. The molecule has 2 aromatic rings. The van der Waals surface area contributed by atoms with Crippen molar-refractivity contribution in [3.05, 3.63) is 33.9 Å². The minimum Gasteiger partial charge on any atom is -0.382 e. The van der Waals surface area contributed by atoms with E-state index in [0.717, 1.165) is 11.3 Å². The van der Waals surface area contributed by atoms with Gasteiger partial charge in [-0.05, 0) is 32.0 Å². The molecule has 0 saturated carbocycles. The molecule has 0 radical (unpaired) electrons. The molecule has 1 aromatic carbocycles. The van der Waals surface area contributed by atoms with Gasteiger partial charge in [-0.2, -0.15) is 0 Å². The van der Waals surface area contributed by atoms with E-state index in [9.17, 15) is 9.18 Å². The van der Waals surface area contributed by atoms with Crippen LogP contribution in [0.5, 0.6) is 0 Å². The molecule has 0 atom stereocenters. The van der Waals surface area contributed by atoms with Gasteiger partial charge in [-0.15, -0.1) is 0 Å². The normalized spacial score (nSPS) is 10.7. The van der Waals surface area contributed by atoms with E-state index in [4.69, 9.17) is 17.3 Å². The third kappa shape index (κ3) is 3.83. The second-order valence-corrected chi connectivity index (χ2v) is 6.05. The zero-order valence-corrected chi connectivity index (χ0v) is 13.0. The molecule has 0 aliphatic heterocycles. The first-order chi connectivity index (χ1) is 9.86. The minimum absolute atomic E-state index is 0.00123. The fourth-order valence-corrected chi connectivity index (χ4v) is 2.67. The van der Waals surface area contributed by atoms with E-state index in [0.29, 0.717) is 10.2 Å². The molecule has 1 heterocycles. The van der Waals surface area contributed by atoms with Gasteiger partial charge in [0.2, 0.25) is 0 Å². The van der Waals surface area contributed by atoms with Gasteiger partial charge in [-0.3, -0.25) is 4.79 Å². The molecule has 0 aliphatic carbocycles. The minimum atomic E-state index is -0.573. The van der Waals surface area contributed by atoms with Gasteiger partial charge < -0.3 is 16.4 Å². The Balaban J connectivity index is 2.20. The van der Waals surface area contributed by atoms with Gasteiger partial charge in [0.1, 0.15) is 16.5 Å². The lowest BCUT2D eigenvalue weighted by molar-refractivity contribution is 0.103. The Morgan fingerprint density at radius 1 is 1.48 bits per heavy atom. The van der Waals surface area contributed by atoms with E-state index >= 15 is 0 Å². The van der Waals surface area contributed by atoms with Crippen LogP contribution in [0.2, 0.25) is 5.02 Å². The van der Waals surface area contributed by atoms with Gasteiger partial charge in [0, 0.05) is 11.1 Å². The van der Waals surface area contributed by atoms with Crippen molar-refractivity contribution in [2.24, 2.45) is 0 Å². The van der Waals surface area contributed by atoms with Gasteiger partial charge >= 0.3 is 0 Å². The van der Waals surface area contributed by atoms with Crippen LogP contribution in [0.15, 0.2) is 18.2 Å². The molecule has 0 saturated heterocycles. The molecule has 2 rings (SSSR count). The van der Waals surface area contributed by atoms with Crippen LogP contribution in [0.25, 0.3) is 0 Å². The van der Waals surface area contributed by atoms with E-state index in [-0.39, 0.29) is 22.4 Å². The summed E-state index contributed by atoms with van der Waals surface area (Å²) in [6.07, 6.45) is 0.